The quantitative estimate of drug-likeness (QED) is 0.218. The highest BCUT2D eigenvalue weighted by molar-refractivity contribution is 6.24. The Bertz CT molecular complexity index is 1110. The molecule has 0 unspecified atom stereocenters. The number of ether oxygens (including phenoxy) is 2. The van der Waals surface area contributed by atoms with Gasteiger partial charge in [0.25, 0.3) is 11.8 Å². The van der Waals surface area contributed by atoms with E-state index in [4.69, 9.17) is 14.7 Å². The molecule has 0 saturated carbocycles. The van der Waals surface area contributed by atoms with Gasteiger partial charge in [0.2, 0.25) is 0 Å². The molecule has 164 valence electrons. The molecule has 0 bridgehead atoms. The third-order valence-electron chi connectivity index (χ3n) is 4.82. The van der Waals surface area contributed by atoms with E-state index in [2.05, 4.69) is 5.32 Å². The molecule has 0 fully saturated rings. The maximum atomic E-state index is 13.1. The second-order valence-electron chi connectivity index (χ2n) is 6.86. The SMILES string of the molecule is COc1ccc(/C=C(/C(=O)NCc2ccc(C(=O)NO)cc2)c2ccccc2)cc1OC. The Balaban J connectivity index is 1.84. The van der Waals surface area contributed by atoms with E-state index in [0.717, 1.165) is 16.7 Å². The van der Waals surface area contributed by atoms with E-state index in [9.17, 15) is 9.59 Å². The number of methoxy groups -OCH3 is 2. The average Bonchev–Trinajstić information content (AvgIpc) is 2.86. The molecule has 0 atom stereocenters. The Labute approximate surface area is 186 Å². The van der Waals surface area contributed by atoms with Gasteiger partial charge in [-0.25, -0.2) is 5.48 Å². The highest BCUT2D eigenvalue weighted by atomic mass is 16.5. The summed E-state index contributed by atoms with van der Waals surface area (Å²) in [6.45, 7) is 0.274. The third kappa shape index (κ3) is 5.53. The fourth-order valence-corrected chi connectivity index (χ4v) is 3.12. The van der Waals surface area contributed by atoms with Crippen LogP contribution in [0.15, 0.2) is 72.8 Å². The number of benzene rings is 3. The number of hydrogen-bond donors (Lipinski definition) is 3. The van der Waals surface area contributed by atoms with Crippen LogP contribution in [0.1, 0.15) is 27.0 Å². The minimum atomic E-state index is -0.593. The normalized spacial score (nSPS) is 10.9. The van der Waals surface area contributed by atoms with Crippen molar-refractivity contribution in [1.82, 2.24) is 10.8 Å². The summed E-state index contributed by atoms with van der Waals surface area (Å²) in [6.07, 6.45) is 1.79. The summed E-state index contributed by atoms with van der Waals surface area (Å²) in [7, 11) is 3.13. The molecule has 0 heterocycles. The molecule has 0 aliphatic rings. The first kappa shape index (κ1) is 22.6. The monoisotopic (exact) mass is 432 g/mol. The third-order valence-corrected chi connectivity index (χ3v) is 4.82. The molecule has 0 saturated heterocycles. The lowest BCUT2D eigenvalue weighted by molar-refractivity contribution is -0.115. The van der Waals surface area contributed by atoms with Crippen molar-refractivity contribution in [3.05, 3.63) is 95.1 Å². The van der Waals surface area contributed by atoms with Crippen molar-refractivity contribution in [3.63, 3.8) is 0 Å². The fraction of sp³-hybridized carbons (Fsp3) is 0.120. The predicted octanol–water partition coefficient (Wildman–Crippen LogP) is 3.68. The molecule has 3 aromatic carbocycles. The Morgan fingerprint density at radius 3 is 2.19 bits per heavy atom. The van der Waals surface area contributed by atoms with E-state index in [1.165, 1.54) is 0 Å². The molecule has 3 N–H and O–H groups in total. The van der Waals surface area contributed by atoms with E-state index < -0.39 is 5.91 Å². The molecule has 2 amide bonds. The summed E-state index contributed by atoms with van der Waals surface area (Å²) in [5.41, 5.74) is 4.78. The Morgan fingerprint density at radius 2 is 1.56 bits per heavy atom. The van der Waals surface area contributed by atoms with Crippen LogP contribution in [0.3, 0.4) is 0 Å². The van der Waals surface area contributed by atoms with Crippen molar-refractivity contribution in [2.45, 2.75) is 6.54 Å². The zero-order valence-electron chi connectivity index (χ0n) is 17.8. The lowest BCUT2D eigenvalue weighted by Gasteiger charge is -2.12. The number of rotatable bonds is 8. The van der Waals surface area contributed by atoms with Gasteiger partial charge in [-0.3, -0.25) is 14.8 Å². The van der Waals surface area contributed by atoms with Crippen molar-refractivity contribution in [2.75, 3.05) is 14.2 Å². The largest absolute Gasteiger partial charge is 0.493 e. The number of amides is 2. The minimum absolute atomic E-state index is 0.247. The zero-order chi connectivity index (χ0) is 22.9. The van der Waals surface area contributed by atoms with Gasteiger partial charge in [0.1, 0.15) is 0 Å². The molecule has 3 rings (SSSR count). The van der Waals surface area contributed by atoms with Gasteiger partial charge in [-0.15, -0.1) is 0 Å². The highest BCUT2D eigenvalue weighted by Crippen LogP contribution is 2.29. The molecule has 7 nitrogen and oxygen atoms in total. The standard InChI is InChI=1S/C25H24N2O5/c1-31-22-13-10-18(15-23(22)32-2)14-21(19-6-4-3-5-7-19)25(29)26-16-17-8-11-20(12-9-17)24(28)27-30/h3-15,30H,16H2,1-2H3,(H,26,29)(H,27,28)/b21-14+. The first-order valence-corrected chi connectivity index (χ1v) is 9.86. The lowest BCUT2D eigenvalue weighted by Crippen LogP contribution is -2.24. The first-order valence-electron chi connectivity index (χ1n) is 9.86. The van der Waals surface area contributed by atoms with Gasteiger partial charge in [-0.2, -0.15) is 0 Å². The molecule has 0 spiro atoms. The minimum Gasteiger partial charge on any atom is -0.493 e. The maximum Gasteiger partial charge on any atom is 0.274 e. The maximum absolute atomic E-state index is 13.1. The van der Waals surface area contributed by atoms with Crippen LogP contribution < -0.4 is 20.3 Å². The van der Waals surface area contributed by atoms with Gasteiger partial charge >= 0.3 is 0 Å². The van der Waals surface area contributed by atoms with Crippen LogP contribution in [-0.4, -0.2) is 31.2 Å². The molecule has 32 heavy (non-hydrogen) atoms. The van der Waals surface area contributed by atoms with E-state index in [1.807, 2.05) is 36.4 Å². The number of carbonyl (C=O) groups is 2. The van der Waals surface area contributed by atoms with Gasteiger partial charge in [-0.1, -0.05) is 48.5 Å². The van der Waals surface area contributed by atoms with Crippen LogP contribution in [0.5, 0.6) is 11.5 Å². The van der Waals surface area contributed by atoms with Gasteiger partial charge in [-0.05, 0) is 47.0 Å². The molecular weight excluding hydrogens is 408 g/mol. The molecule has 0 aliphatic carbocycles. The second kappa shape index (κ2) is 10.8. The molecule has 0 aliphatic heterocycles. The van der Waals surface area contributed by atoms with Crippen LogP contribution in [0.4, 0.5) is 0 Å². The Kier molecular flexibility index (Phi) is 7.61. The summed E-state index contributed by atoms with van der Waals surface area (Å²) < 4.78 is 10.6. The second-order valence-corrected chi connectivity index (χ2v) is 6.86. The summed E-state index contributed by atoms with van der Waals surface area (Å²) in [5, 5.41) is 11.6. The Morgan fingerprint density at radius 1 is 0.875 bits per heavy atom. The topological polar surface area (TPSA) is 96.9 Å². The molecule has 0 aromatic heterocycles. The van der Waals surface area contributed by atoms with Crippen molar-refractivity contribution < 1.29 is 24.3 Å². The highest BCUT2D eigenvalue weighted by Gasteiger charge is 2.13. The number of carbonyl (C=O) groups excluding carboxylic acids is 2. The van der Waals surface area contributed by atoms with Crippen molar-refractivity contribution in [2.24, 2.45) is 0 Å². The van der Waals surface area contributed by atoms with Crippen molar-refractivity contribution in [3.8, 4) is 11.5 Å². The predicted molar refractivity (Wildman–Crippen MR) is 121 cm³/mol. The Hall–Kier alpha value is -4.10. The van der Waals surface area contributed by atoms with Gasteiger partial charge in [0, 0.05) is 17.7 Å². The van der Waals surface area contributed by atoms with Crippen LogP contribution >= 0.6 is 0 Å². The zero-order valence-corrected chi connectivity index (χ0v) is 17.8. The number of hydrogen-bond acceptors (Lipinski definition) is 5. The molecule has 0 radical (unpaired) electrons. The van der Waals surface area contributed by atoms with E-state index >= 15 is 0 Å². The molecule has 7 heteroatoms. The average molecular weight is 432 g/mol. The van der Waals surface area contributed by atoms with Crippen molar-refractivity contribution >= 4 is 23.5 Å². The first-order chi connectivity index (χ1) is 15.5. The smallest absolute Gasteiger partial charge is 0.274 e. The number of hydroxylamine groups is 1. The lowest BCUT2D eigenvalue weighted by atomic mass is 10.0. The van der Waals surface area contributed by atoms with E-state index in [0.29, 0.717) is 22.6 Å². The van der Waals surface area contributed by atoms with Gasteiger partial charge in [0.05, 0.1) is 14.2 Å². The van der Waals surface area contributed by atoms with Gasteiger partial charge in [0.15, 0.2) is 11.5 Å². The molecular formula is C25H24N2O5. The summed E-state index contributed by atoms with van der Waals surface area (Å²) >= 11 is 0. The van der Waals surface area contributed by atoms with Crippen molar-refractivity contribution in [1.29, 1.82) is 0 Å². The molecule has 3 aromatic rings. The van der Waals surface area contributed by atoms with Gasteiger partial charge < -0.3 is 14.8 Å². The van der Waals surface area contributed by atoms with Crippen LogP contribution in [0.2, 0.25) is 0 Å². The van der Waals surface area contributed by atoms with E-state index in [1.54, 1.807) is 62.2 Å². The summed E-state index contributed by atoms with van der Waals surface area (Å²) in [6, 6.07) is 21.4. The van der Waals surface area contributed by atoms with Crippen LogP contribution in [0.25, 0.3) is 11.6 Å². The summed E-state index contributed by atoms with van der Waals surface area (Å²) in [4.78, 5) is 24.5. The number of nitrogens with one attached hydrogen (secondary N) is 2. The fourth-order valence-electron chi connectivity index (χ4n) is 3.12. The van der Waals surface area contributed by atoms with Crippen LogP contribution in [0, 0.1) is 0 Å². The summed E-state index contributed by atoms with van der Waals surface area (Å²) in [5.74, 6) is 0.336. The van der Waals surface area contributed by atoms with E-state index in [-0.39, 0.29) is 12.5 Å². The van der Waals surface area contributed by atoms with Crippen LogP contribution in [-0.2, 0) is 11.3 Å².